The molecule has 6 nitrogen and oxygen atoms in total. The van der Waals surface area contributed by atoms with Crippen molar-refractivity contribution in [3.63, 3.8) is 0 Å². The summed E-state index contributed by atoms with van der Waals surface area (Å²) in [5, 5.41) is 10.8. The Morgan fingerprint density at radius 3 is 2.42 bits per heavy atom. The molecule has 1 saturated heterocycles. The maximum absolute atomic E-state index is 12.7. The molecule has 1 heterocycles. The van der Waals surface area contributed by atoms with Crippen molar-refractivity contribution in [2.45, 2.75) is 6.92 Å². The van der Waals surface area contributed by atoms with E-state index in [4.69, 9.17) is 17.0 Å². The van der Waals surface area contributed by atoms with Crippen LogP contribution in [0.5, 0.6) is 5.75 Å². The van der Waals surface area contributed by atoms with E-state index in [0.717, 1.165) is 11.3 Å². The highest BCUT2D eigenvalue weighted by Gasteiger charge is 2.33. The molecule has 0 N–H and O–H groups in total. The number of ether oxygens (including phenoxy) is 1. The minimum Gasteiger partial charge on any atom is -0.494 e. The second kappa shape index (κ2) is 7.67. The molecule has 132 valence electrons. The quantitative estimate of drug-likeness (QED) is 0.328. The number of carbonyl (C=O) groups is 1. The lowest BCUT2D eigenvalue weighted by molar-refractivity contribution is -0.384. The maximum Gasteiger partial charge on any atom is 0.270 e. The predicted octanol–water partition coefficient (Wildman–Crippen LogP) is 4.40. The molecule has 8 heteroatoms. The molecule has 0 aliphatic carbocycles. The molecule has 1 aliphatic rings. The molecule has 26 heavy (non-hydrogen) atoms. The zero-order valence-corrected chi connectivity index (χ0v) is 15.4. The van der Waals surface area contributed by atoms with Crippen molar-refractivity contribution < 1.29 is 14.5 Å². The minimum absolute atomic E-state index is 0.0379. The smallest absolute Gasteiger partial charge is 0.270 e. The Hall–Kier alpha value is -2.71. The number of nitro groups is 1. The molecular formula is C18H14N2O4S2. The number of thioether (sulfide) groups is 1. The second-order valence-electron chi connectivity index (χ2n) is 5.29. The molecule has 0 spiro atoms. The fraction of sp³-hybridized carbons (Fsp3) is 0.111. The molecule has 0 aromatic heterocycles. The topological polar surface area (TPSA) is 72.7 Å². The van der Waals surface area contributed by atoms with E-state index in [9.17, 15) is 14.9 Å². The van der Waals surface area contributed by atoms with E-state index in [0.29, 0.717) is 21.5 Å². The van der Waals surface area contributed by atoms with Crippen molar-refractivity contribution in [2.24, 2.45) is 0 Å². The van der Waals surface area contributed by atoms with Gasteiger partial charge in [0.1, 0.15) is 5.75 Å². The van der Waals surface area contributed by atoms with E-state index in [2.05, 4.69) is 0 Å². The molecule has 0 bridgehead atoms. The van der Waals surface area contributed by atoms with Crippen LogP contribution >= 0.6 is 24.0 Å². The number of nitro benzene ring substituents is 1. The summed E-state index contributed by atoms with van der Waals surface area (Å²) in [6.07, 6.45) is 1.76. The summed E-state index contributed by atoms with van der Waals surface area (Å²) in [6.45, 7) is 2.50. The third kappa shape index (κ3) is 3.76. The van der Waals surface area contributed by atoms with E-state index in [1.54, 1.807) is 6.08 Å². The molecule has 0 radical (unpaired) electrons. The van der Waals surface area contributed by atoms with Crippen LogP contribution in [0.25, 0.3) is 6.08 Å². The Balaban J connectivity index is 1.82. The van der Waals surface area contributed by atoms with Crippen molar-refractivity contribution in [1.29, 1.82) is 0 Å². The lowest BCUT2D eigenvalue weighted by Gasteiger charge is -2.13. The van der Waals surface area contributed by atoms with Gasteiger partial charge in [0.2, 0.25) is 0 Å². The molecule has 0 atom stereocenters. The van der Waals surface area contributed by atoms with Gasteiger partial charge in [0.15, 0.2) is 4.32 Å². The van der Waals surface area contributed by atoms with Crippen molar-refractivity contribution in [2.75, 3.05) is 11.5 Å². The summed E-state index contributed by atoms with van der Waals surface area (Å²) in [6, 6.07) is 13.1. The Morgan fingerprint density at radius 2 is 1.85 bits per heavy atom. The van der Waals surface area contributed by atoms with Gasteiger partial charge in [-0.1, -0.05) is 36.1 Å². The summed E-state index contributed by atoms with van der Waals surface area (Å²) in [5.74, 6) is 0.519. The number of nitrogens with zero attached hydrogens (tertiary/aromatic N) is 2. The van der Waals surface area contributed by atoms with E-state index in [1.165, 1.54) is 40.9 Å². The van der Waals surface area contributed by atoms with Crippen LogP contribution in [0.4, 0.5) is 11.4 Å². The number of benzene rings is 2. The second-order valence-corrected chi connectivity index (χ2v) is 6.97. The summed E-state index contributed by atoms with van der Waals surface area (Å²) in [4.78, 5) is 24.8. The summed E-state index contributed by atoms with van der Waals surface area (Å²) in [5.41, 5.74) is 1.33. The van der Waals surface area contributed by atoms with Gasteiger partial charge in [-0.25, -0.2) is 0 Å². The number of non-ortho nitro benzene ring substituents is 1. The van der Waals surface area contributed by atoms with E-state index in [-0.39, 0.29) is 11.6 Å². The number of hydrogen-bond acceptors (Lipinski definition) is 6. The SMILES string of the molecule is CCOc1ccc(/C=C2\SC(=S)N(c3ccc([N+](=O)[O-])cc3)C2=O)cc1. The first-order chi connectivity index (χ1) is 12.5. The minimum atomic E-state index is -0.486. The highest BCUT2D eigenvalue weighted by Crippen LogP contribution is 2.36. The zero-order valence-electron chi connectivity index (χ0n) is 13.7. The van der Waals surface area contributed by atoms with E-state index in [1.807, 2.05) is 31.2 Å². The molecule has 1 aliphatic heterocycles. The van der Waals surface area contributed by atoms with Gasteiger partial charge < -0.3 is 4.74 Å². The van der Waals surface area contributed by atoms with Crippen molar-refractivity contribution in [3.05, 3.63) is 69.1 Å². The standard InChI is InChI=1S/C18H14N2O4S2/c1-2-24-15-9-3-12(4-10-15)11-16-17(21)19(18(25)26-16)13-5-7-14(8-6-13)20(22)23/h3-11H,2H2,1H3/b16-11-. The van der Waals surface area contributed by atoms with Gasteiger partial charge in [0.25, 0.3) is 11.6 Å². The van der Waals surface area contributed by atoms with Crippen LogP contribution in [0.15, 0.2) is 53.4 Å². The Kier molecular flexibility index (Phi) is 5.34. The largest absolute Gasteiger partial charge is 0.494 e. The van der Waals surface area contributed by atoms with Gasteiger partial charge in [-0.05, 0) is 42.8 Å². The van der Waals surface area contributed by atoms with Gasteiger partial charge in [0, 0.05) is 12.1 Å². The van der Waals surface area contributed by atoms with Crippen LogP contribution in [0.3, 0.4) is 0 Å². The lowest BCUT2D eigenvalue weighted by Crippen LogP contribution is -2.27. The van der Waals surface area contributed by atoms with Gasteiger partial charge in [0.05, 0.1) is 22.1 Å². The first kappa shape index (κ1) is 18.1. The summed E-state index contributed by atoms with van der Waals surface area (Å²) in [7, 11) is 0. The number of rotatable bonds is 5. The van der Waals surface area contributed by atoms with Crippen LogP contribution in [0, 0.1) is 10.1 Å². The zero-order chi connectivity index (χ0) is 18.7. The third-order valence-electron chi connectivity index (χ3n) is 3.60. The lowest BCUT2D eigenvalue weighted by atomic mass is 10.2. The van der Waals surface area contributed by atoms with Crippen LogP contribution in [-0.4, -0.2) is 21.8 Å². The fourth-order valence-corrected chi connectivity index (χ4v) is 3.69. The third-order valence-corrected chi connectivity index (χ3v) is 4.90. The van der Waals surface area contributed by atoms with Crippen molar-refractivity contribution in [3.8, 4) is 5.75 Å². The first-order valence-electron chi connectivity index (χ1n) is 7.75. The van der Waals surface area contributed by atoms with Gasteiger partial charge in [-0.2, -0.15) is 0 Å². The first-order valence-corrected chi connectivity index (χ1v) is 8.97. The molecule has 0 unspecified atom stereocenters. The van der Waals surface area contributed by atoms with Gasteiger partial charge in [-0.3, -0.25) is 19.8 Å². The van der Waals surface area contributed by atoms with Gasteiger partial charge >= 0.3 is 0 Å². The van der Waals surface area contributed by atoms with E-state index >= 15 is 0 Å². The Morgan fingerprint density at radius 1 is 1.19 bits per heavy atom. The number of anilines is 1. The van der Waals surface area contributed by atoms with Gasteiger partial charge in [-0.15, -0.1) is 0 Å². The number of amides is 1. The number of carbonyl (C=O) groups excluding carboxylic acids is 1. The van der Waals surface area contributed by atoms with Crippen LogP contribution in [0.1, 0.15) is 12.5 Å². The molecule has 3 rings (SSSR count). The Labute approximate surface area is 159 Å². The molecular weight excluding hydrogens is 372 g/mol. The predicted molar refractivity (Wildman–Crippen MR) is 106 cm³/mol. The van der Waals surface area contributed by atoms with Crippen LogP contribution in [-0.2, 0) is 4.79 Å². The molecule has 1 amide bonds. The van der Waals surface area contributed by atoms with E-state index < -0.39 is 4.92 Å². The molecule has 2 aromatic carbocycles. The Bertz CT molecular complexity index is 892. The maximum atomic E-state index is 12.7. The van der Waals surface area contributed by atoms with Crippen molar-refractivity contribution in [1.82, 2.24) is 0 Å². The number of thiocarbonyl (C=S) groups is 1. The normalized spacial score (nSPS) is 15.6. The fourth-order valence-electron chi connectivity index (χ4n) is 2.39. The average molecular weight is 386 g/mol. The van der Waals surface area contributed by atoms with Crippen LogP contribution < -0.4 is 9.64 Å². The van der Waals surface area contributed by atoms with Crippen molar-refractivity contribution >= 4 is 51.7 Å². The monoisotopic (exact) mass is 386 g/mol. The molecule has 0 saturated carbocycles. The summed E-state index contributed by atoms with van der Waals surface area (Å²) < 4.78 is 5.79. The highest BCUT2D eigenvalue weighted by atomic mass is 32.2. The highest BCUT2D eigenvalue weighted by molar-refractivity contribution is 8.27. The average Bonchev–Trinajstić information content (AvgIpc) is 2.90. The number of hydrogen-bond donors (Lipinski definition) is 0. The molecule has 2 aromatic rings. The molecule has 1 fully saturated rings. The van der Waals surface area contributed by atoms with Crippen LogP contribution in [0.2, 0.25) is 0 Å². The summed E-state index contributed by atoms with van der Waals surface area (Å²) >= 11 is 6.51.